The highest BCUT2D eigenvalue weighted by molar-refractivity contribution is 5.72. The number of ether oxygens (including phenoxy) is 1. The first-order valence-electron chi connectivity index (χ1n) is 6.69. The third-order valence-electron chi connectivity index (χ3n) is 3.21. The topological polar surface area (TPSA) is 81.0 Å². The number of benzene rings is 2. The molecule has 0 spiro atoms. The first kappa shape index (κ1) is 13.8. The van der Waals surface area contributed by atoms with Gasteiger partial charge in [-0.2, -0.15) is 5.10 Å². The van der Waals surface area contributed by atoms with Gasteiger partial charge < -0.3 is 4.74 Å². The molecule has 0 bridgehead atoms. The second-order valence-corrected chi connectivity index (χ2v) is 4.66. The number of nitrogens with one attached hydrogen (secondary N) is 1. The number of para-hydroxylation sites is 1. The van der Waals surface area contributed by atoms with E-state index in [1.54, 1.807) is 24.4 Å². The summed E-state index contributed by atoms with van der Waals surface area (Å²) in [5, 5.41) is 17.9. The molecule has 1 N–H and O–H groups in total. The van der Waals surface area contributed by atoms with Crippen LogP contribution in [0.15, 0.2) is 60.8 Å². The quantitative estimate of drug-likeness (QED) is 0.576. The molecule has 1 heterocycles. The van der Waals surface area contributed by atoms with Crippen LogP contribution >= 0.6 is 0 Å². The molecule has 0 aliphatic rings. The van der Waals surface area contributed by atoms with E-state index in [0.717, 1.165) is 5.56 Å². The van der Waals surface area contributed by atoms with E-state index in [1.807, 2.05) is 30.3 Å². The van der Waals surface area contributed by atoms with Crippen LogP contribution in [0.4, 0.5) is 5.69 Å². The number of rotatable bonds is 5. The standard InChI is InChI=1S/C16H13N3O3/c20-19(21)15-8-4-7-13(14-9-10-17-18-14)16(15)22-11-12-5-2-1-3-6-12/h1-10H,11H2,(H,17,18). The van der Waals surface area contributed by atoms with Gasteiger partial charge in [-0.1, -0.05) is 36.4 Å². The fourth-order valence-electron chi connectivity index (χ4n) is 2.17. The van der Waals surface area contributed by atoms with Gasteiger partial charge in [-0.15, -0.1) is 0 Å². The summed E-state index contributed by atoms with van der Waals surface area (Å²) in [5.41, 5.74) is 2.16. The molecule has 110 valence electrons. The molecule has 0 aliphatic heterocycles. The molecule has 0 atom stereocenters. The van der Waals surface area contributed by atoms with Gasteiger partial charge in [-0.05, 0) is 17.7 Å². The lowest BCUT2D eigenvalue weighted by Crippen LogP contribution is -2.01. The van der Waals surface area contributed by atoms with Gasteiger partial charge in [-0.3, -0.25) is 15.2 Å². The van der Waals surface area contributed by atoms with Gasteiger partial charge in [-0.25, -0.2) is 0 Å². The summed E-state index contributed by atoms with van der Waals surface area (Å²) in [4.78, 5) is 10.8. The van der Waals surface area contributed by atoms with E-state index in [2.05, 4.69) is 10.2 Å². The van der Waals surface area contributed by atoms with Crippen molar-refractivity contribution in [3.8, 4) is 17.0 Å². The molecule has 0 aliphatic carbocycles. The molecule has 0 unspecified atom stereocenters. The third-order valence-corrected chi connectivity index (χ3v) is 3.21. The SMILES string of the molecule is O=[N+]([O-])c1cccc(-c2ccn[nH]2)c1OCc1ccccc1. The van der Waals surface area contributed by atoms with Crippen LogP contribution < -0.4 is 4.74 Å². The van der Waals surface area contributed by atoms with Gasteiger partial charge in [0, 0.05) is 17.8 Å². The van der Waals surface area contributed by atoms with Crippen LogP contribution in [0.5, 0.6) is 5.75 Å². The van der Waals surface area contributed by atoms with Crippen LogP contribution in [-0.4, -0.2) is 15.1 Å². The van der Waals surface area contributed by atoms with Crippen molar-refractivity contribution in [2.75, 3.05) is 0 Å². The van der Waals surface area contributed by atoms with Gasteiger partial charge in [0.2, 0.25) is 5.75 Å². The van der Waals surface area contributed by atoms with Gasteiger partial charge in [0.15, 0.2) is 0 Å². The van der Waals surface area contributed by atoms with E-state index in [9.17, 15) is 10.1 Å². The average Bonchev–Trinajstić information content (AvgIpc) is 3.07. The maximum Gasteiger partial charge on any atom is 0.311 e. The molecule has 0 fully saturated rings. The fourth-order valence-corrected chi connectivity index (χ4v) is 2.17. The van der Waals surface area contributed by atoms with E-state index in [1.165, 1.54) is 6.07 Å². The fraction of sp³-hybridized carbons (Fsp3) is 0.0625. The van der Waals surface area contributed by atoms with Crippen LogP contribution in [0.25, 0.3) is 11.3 Å². The Kier molecular flexibility index (Phi) is 3.82. The lowest BCUT2D eigenvalue weighted by molar-refractivity contribution is -0.385. The molecule has 6 nitrogen and oxygen atoms in total. The van der Waals surface area contributed by atoms with Crippen molar-refractivity contribution in [1.29, 1.82) is 0 Å². The Bertz CT molecular complexity index is 771. The maximum atomic E-state index is 11.3. The van der Waals surface area contributed by atoms with Crippen molar-refractivity contribution in [3.63, 3.8) is 0 Å². The highest BCUT2D eigenvalue weighted by atomic mass is 16.6. The Hall–Kier alpha value is -3.15. The maximum absolute atomic E-state index is 11.3. The van der Waals surface area contributed by atoms with Crippen molar-refractivity contribution in [3.05, 3.63) is 76.5 Å². The summed E-state index contributed by atoms with van der Waals surface area (Å²) in [7, 11) is 0. The summed E-state index contributed by atoms with van der Waals surface area (Å²) in [6.45, 7) is 0.257. The minimum absolute atomic E-state index is 0.0666. The number of hydrogen-bond acceptors (Lipinski definition) is 4. The molecular weight excluding hydrogens is 282 g/mol. The molecule has 0 radical (unpaired) electrons. The second-order valence-electron chi connectivity index (χ2n) is 4.66. The van der Waals surface area contributed by atoms with Crippen LogP contribution in [-0.2, 0) is 6.61 Å². The molecule has 0 saturated carbocycles. The van der Waals surface area contributed by atoms with E-state index in [0.29, 0.717) is 11.3 Å². The Morgan fingerprint density at radius 2 is 1.91 bits per heavy atom. The molecule has 6 heteroatoms. The predicted octanol–water partition coefficient (Wildman–Crippen LogP) is 3.56. The number of nitro groups is 1. The Morgan fingerprint density at radius 3 is 2.59 bits per heavy atom. The number of nitrogens with zero attached hydrogens (tertiary/aromatic N) is 2. The molecular formula is C16H13N3O3. The molecule has 0 amide bonds. The van der Waals surface area contributed by atoms with Gasteiger partial charge in [0.25, 0.3) is 0 Å². The first-order valence-corrected chi connectivity index (χ1v) is 6.69. The highest BCUT2D eigenvalue weighted by Crippen LogP contribution is 2.37. The number of aromatic amines is 1. The van der Waals surface area contributed by atoms with Crippen LogP contribution in [0.1, 0.15) is 5.56 Å². The van der Waals surface area contributed by atoms with Gasteiger partial charge in [0.05, 0.1) is 10.6 Å². The summed E-state index contributed by atoms with van der Waals surface area (Å²) in [6.07, 6.45) is 1.59. The van der Waals surface area contributed by atoms with E-state index >= 15 is 0 Å². The smallest absolute Gasteiger partial charge is 0.311 e. The minimum atomic E-state index is -0.444. The summed E-state index contributed by atoms with van der Waals surface area (Å²) < 4.78 is 5.75. The Balaban J connectivity index is 1.98. The molecule has 2 aromatic carbocycles. The van der Waals surface area contributed by atoms with Crippen molar-refractivity contribution < 1.29 is 9.66 Å². The summed E-state index contributed by atoms with van der Waals surface area (Å²) in [5.74, 6) is 0.237. The van der Waals surface area contributed by atoms with E-state index in [4.69, 9.17) is 4.74 Å². The zero-order chi connectivity index (χ0) is 15.4. The third kappa shape index (κ3) is 2.80. The number of aromatic nitrogens is 2. The molecule has 1 aromatic heterocycles. The molecule has 0 saturated heterocycles. The predicted molar refractivity (Wildman–Crippen MR) is 81.5 cm³/mol. The first-order chi connectivity index (χ1) is 10.8. The minimum Gasteiger partial charge on any atom is -0.481 e. The monoisotopic (exact) mass is 295 g/mol. The number of H-pyrrole nitrogens is 1. The van der Waals surface area contributed by atoms with Crippen LogP contribution in [0.2, 0.25) is 0 Å². The second kappa shape index (κ2) is 6.09. The zero-order valence-corrected chi connectivity index (χ0v) is 11.6. The zero-order valence-electron chi connectivity index (χ0n) is 11.6. The van der Waals surface area contributed by atoms with Gasteiger partial charge in [0.1, 0.15) is 6.61 Å². The van der Waals surface area contributed by atoms with Crippen LogP contribution in [0, 0.1) is 10.1 Å². The number of nitro benzene ring substituents is 1. The molecule has 3 aromatic rings. The highest BCUT2D eigenvalue weighted by Gasteiger charge is 2.20. The van der Waals surface area contributed by atoms with Crippen molar-refractivity contribution in [1.82, 2.24) is 10.2 Å². The molecule has 22 heavy (non-hydrogen) atoms. The van der Waals surface area contributed by atoms with E-state index < -0.39 is 4.92 Å². The van der Waals surface area contributed by atoms with Crippen molar-refractivity contribution in [2.45, 2.75) is 6.61 Å². The number of hydrogen-bond donors (Lipinski definition) is 1. The lowest BCUT2D eigenvalue weighted by Gasteiger charge is -2.11. The normalized spacial score (nSPS) is 10.4. The molecule has 3 rings (SSSR count). The summed E-state index contributed by atoms with van der Waals surface area (Å²) in [6, 6.07) is 16.1. The van der Waals surface area contributed by atoms with Crippen LogP contribution in [0.3, 0.4) is 0 Å². The Labute approximate surface area is 126 Å². The lowest BCUT2D eigenvalue weighted by atomic mass is 10.1. The van der Waals surface area contributed by atoms with Crippen molar-refractivity contribution in [2.24, 2.45) is 0 Å². The summed E-state index contributed by atoms with van der Waals surface area (Å²) >= 11 is 0. The van der Waals surface area contributed by atoms with Crippen molar-refractivity contribution >= 4 is 5.69 Å². The average molecular weight is 295 g/mol. The Morgan fingerprint density at radius 1 is 1.09 bits per heavy atom. The van der Waals surface area contributed by atoms with Gasteiger partial charge >= 0.3 is 5.69 Å². The largest absolute Gasteiger partial charge is 0.481 e. The van der Waals surface area contributed by atoms with E-state index in [-0.39, 0.29) is 18.0 Å².